The summed E-state index contributed by atoms with van der Waals surface area (Å²) in [7, 11) is 1.71. The standard InChI is InChI=1S/C19H23N3O4/c1-3-26-17-5-4-14(10-15(17)18(23)24)16-6-8-20-19(21-16)22-9-7-13(11-22)12-25-2/h4-6,8,10,13H,3,7,9,11-12H2,1-2H3,(H,23,24). The number of ether oxygens (including phenoxy) is 2. The van der Waals surface area contributed by atoms with E-state index in [1.165, 1.54) is 0 Å². The van der Waals surface area contributed by atoms with E-state index in [1.807, 2.05) is 13.0 Å². The molecule has 1 saturated heterocycles. The molecule has 2 aromatic rings. The van der Waals surface area contributed by atoms with Crippen LogP contribution in [0.25, 0.3) is 11.3 Å². The first-order chi connectivity index (χ1) is 12.6. The van der Waals surface area contributed by atoms with E-state index < -0.39 is 5.97 Å². The van der Waals surface area contributed by atoms with E-state index in [0.717, 1.165) is 31.7 Å². The van der Waals surface area contributed by atoms with Crippen LogP contribution in [0.3, 0.4) is 0 Å². The molecule has 1 N–H and O–H groups in total. The summed E-state index contributed by atoms with van der Waals surface area (Å²) in [5.41, 5.74) is 1.55. The molecule has 1 atom stereocenters. The zero-order valence-corrected chi connectivity index (χ0v) is 15.0. The van der Waals surface area contributed by atoms with Gasteiger partial charge in [-0.3, -0.25) is 0 Å². The van der Waals surface area contributed by atoms with Gasteiger partial charge in [-0.2, -0.15) is 0 Å². The third-order valence-electron chi connectivity index (χ3n) is 4.42. The summed E-state index contributed by atoms with van der Waals surface area (Å²) in [6.45, 7) is 4.72. The summed E-state index contributed by atoms with van der Waals surface area (Å²) in [6, 6.07) is 6.88. The van der Waals surface area contributed by atoms with Gasteiger partial charge in [0.25, 0.3) is 0 Å². The van der Waals surface area contributed by atoms with Crippen molar-refractivity contribution in [3.8, 4) is 17.0 Å². The summed E-state index contributed by atoms with van der Waals surface area (Å²) < 4.78 is 10.6. The lowest BCUT2D eigenvalue weighted by atomic mass is 10.1. The number of aromatic carboxylic acids is 1. The van der Waals surface area contributed by atoms with Crippen molar-refractivity contribution < 1.29 is 19.4 Å². The van der Waals surface area contributed by atoms with Crippen molar-refractivity contribution in [2.45, 2.75) is 13.3 Å². The Hall–Kier alpha value is -2.67. The largest absolute Gasteiger partial charge is 0.493 e. The van der Waals surface area contributed by atoms with Gasteiger partial charge in [0.2, 0.25) is 5.95 Å². The Balaban J connectivity index is 1.86. The van der Waals surface area contributed by atoms with Crippen molar-refractivity contribution in [2.24, 2.45) is 5.92 Å². The molecule has 0 aliphatic carbocycles. The van der Waals surface area contributed by atoms with Crippen LogP contribution in [-0.2, 0) is 4.74 Å². The van der Waals surface area contributed by atoms with Crippen molar-refractivity contribution >= 4 is 11.9 Å². The minimum absolute atomic E-state index is 0.130. The molecule has 0 bridgehead atoms. The first kappa shape index (κ1) is 18.1. The summed E-state index contributed by atoms with van der Waals surface area (Å²) in [5.74, 6) is 0.481. The smallest absolute Gasteiger partial charge is 0.339 e. The number of hydrogen-bond donors (Lipinski definition) is 1. The minimum atomic E-state index is -1.02. The van der Waals surface area contributed by atoms with Crippen LogP contribution >= 0.6 is 0 Å². The molecular formula is C19H23N3O4. The Morgan fingerprint density at radius 2 is 2.23 bits per heavy atom. The summed E-state index contributed by atoms with van der Waals surface area (Å²) >= 11 is 0. The predicted molar refractivity (Wildman–Crippen MR) is 97.8 cm³/mol. The Morgan fingerprint density at radius 3 is 2.96 bits per heavy atom. The highest BCUT2D eigenvalue weighted by molar-refractivity contribution is 5.92. The molecule has 0 radical (unpaired) electrons. The maximum absolute atomic E-state index is 11.5. The molecule has 1 unspecified atom stereocenters. The normalized spacial score (nSPS) is 16.7. The number of anilines is 1. The van der Waals surface area contributed by atoms with Crippen molar-refractivity contribution in [2.75, 3.05) is 38.3 Å². The summed E-state index contributed by atoms with van der Waals surface area (Å²) in [4.78, 5) is 22.7. The molecule has 1 aliphatic heterocycles. The molecule has 138 valence electrons. The predicted octanol–water partition coefficient (Wildman–Crippen LogP) is 2.71. The quantitative estimate of drug-likeness (QED) is 0.815. The number of carboxylic acids is 1. The number of hydrogen-bond acceptors (Lipinski definition) is 6. The maximum atomic E-state index is 11.5. The second-order valence-corrected chi connectivity index (χ2v) is 6.25. The molecule has 1 fully saturated rings. The van der Waals surface area contributed by atoms with E-state index in [4.69, 9.17) is 9.47 Å². The molecule has 0 amide bonds. The van der Waals surface area contributed by atoms with E-state index in [9.17, 15) is 9.90 Å². The van der Waals surface area contributed by atoms with E-state index in [2.05, 4.69) is 14.9 Å². The molecule has 1 aromatic carbocycles. The van der Waals surface area contributed by atoms with Crippen LogP contribution in [0, 0.1) is 5.92 Å². The number of carboxylic acid groups (broad SMARTS) is 1. The topological polar surface area (TPSA) is 84.8 Å². The van der Waals surface area contributed by atoms with Gasteiger partial charge in [0.1, 0.15) is 11.3 Å². The number of rotatable bonds is 7. The second kappa shape index (κ2) is 8.14. The van der Waals surface area contributed by atoms with Crippen molar-refractivity contribution in [3.63, 3.8) is 0 Å². The molecule has 2 heterocycles. The lowest BCUT2D eigenvalue weighted by Crippen LogP contribution is -2.23. The number of benzene rings is 1. The van der Waals surface area contributed by atoms with Gasteiger partial charge in [0, 0.05) is 37.9 Å². The molecular weight excluding hydrogens is 334 g/mol. The SMILES string of the molecule is CCOc1ccc(-c2ccnc(N3CCC(COC)C3)n2)cc1C(=O)O. The number of carbonyl (C=O) groups is 1. The Bertz CT molecular complexity index is 781. The molecule has 26 heavy (non-hydrogen) atoms. The lowest BCUT2D eigenvalue weighted by molar-refractivity contribution is 0.0692. The van der Waals surface area contributed by atoms with Crippen LogP contribution in [0.5, 0.6) is 5.75 Å². The van der Waals surface area contributed by atoms with Gasteiger partial charge in [-0.05, 0) is 37.6 Å². The van der Waals surface area contributed by atoms with Crippen LogP contribution < -0.4 is 9.64 Å². The highest BCUT2D eigenvalue weighted by atomic mass is 16.5. The van der Waals surface area contributed by atoms with E-state index in [0.29, 0.717) is 29.9 Å². The third kappa shape index (κ3) is 3.94. The Morgan fingerprint density at radius 1 is 1.38 bits per heavy atom. The van der Waals surface area contributed by atoms with Gasteiger partial charge in [0.15, 0.2) is 0 Å². The minimum Gasteiger partial charge on any atom is -0.493 e. The average molecular weight is 357 g/mol. The molecule has 3 rings (SSSR count). The van der Waals surface area contributed by atoms with Crippen LogP contribution in [0.2, 0.25) is 0 Å². The van der Waals surface area contributed by atoms with E-state index in [1.54, 1.807) is 31.5 Å². The van der Waals surface area contributed by atoms with Gasteiger partial charge in [-0.1, -0.05) is 0 Å². The maximum Gasteiger partial charge on any atom is 0.339 e. The number of nitrogens with zero attached hydrogens (tertiary/aromatic N) is 3. The second-order valence-electron chi connectivity index (χ2n) is 6.25. The van der Waals surface area contributed by atoms with Crippen LogP contribution in [0.4, 0.5) is 5.95 Å². The van der Waals surface area contributed by atoms with Crippen molar-refractivity contribution in [3.05, 3.63) is 36.0 Å². The Kier molecular flexibility index (Phi) is 5.68. The molecule has 0 saturated carbocycles. The van der Waals surface area contributed by atoms with E-state index in [-0.39, 0.29) is 5.56 Å². The monoisotopic (exact) mass is 357 g/mol. The van der Waals surface area contributed by atoms with Gasteiger partial charge < -0.3 is 19.5 Å². The zero-order valence-electron chi connectivity index (χ0n) is 15.0. The van der Waals surface area contributed by atoms with Gasteiger partial charge in [0.05, 0.1) is 18.9 Å². The molecule has 1 aromatic heterocycles. The highest BCUT2D eigenvalue weighted by Gasteiger charge is 2.24. The molecule has 7 nitrogen and oxygen atoms in total. The molecule has 0 spiro atoms. The molecule has 1 aliphatic rings. The van der Waals surface area contributed by atoms with Crippen molar-refractivity contribution in [1.29, 1.82) is 0 Å². The number of methoxy groups -OCH3 is 1. The van der Waals surface area contributed by atoms with E-state index >= 15 is 0 Å². The van der Waals surface area contributed by atoms with Crippen LogP contribution in [0.15, 0.2) is 30.5 Å². The van der Waals surface area contributed by atoms with Gasteiger partial charge in [-0.15, -0.1) is 0 Å². The first-order valence-electron chi connectivity index (χ1n) is 8.69. The first-order valence-corrected chi connectivity index (χ1v) is 8.69. The summed E-state index contributed by atoms with van der Waals surface area (Å²) in [5, 5.41) is 9.44. The third-order valence-corrected chi connectivity index (χ3v) is 4.42. The zero-order chi connectivity index (χ0) is 18.5. The fourth-order valence-corrected chi connectivity index (χ4v) is 3.19. The summed E-state index contributed by atoms with van der Waals surface area (Å²) in [6.07, 6.45) is 2.76. The van der Waals surface area contributed by atoms with Crippen LogP contribution in [-0.4, -0.2) is 54.5 Å². The fourth-order valence-electron chi connectivity index (χ4n) is 3.19. The Labute approximate surface area is 152 Å². The molecule has 7 heteroatoms. The van der Waals surface area contributed by atoms with Crippen molar-refractivity contribution in [1.82, 2.24) is 9.97 Å². The van der Waals surface area contributed by atoms with Gasteiger partial charge >= 0.3 is 5.97 Å². The number of aromatic nitrogens is 2. The lowest BCUT2D eigenvalue weighted by Gasteiger charge is -2.17. The average Bonchev–Trinajstić information content (AvgIpc) is 3.11. The van der Waals surface area contributed by atoms with Crippen LogP contribution in [0.1, 0.15) is 23.7 Å². The highest BCUT2D eigenvalue weighted by Crippen LogP contribution is 2.28. The van der Waals surface area contributed by atoms with Gasteiger partial charge in [-0.25, -0.2) is 14.8 Å². The fraction of sp³-hybridized carbons (Fsp3) is 0.421.